The smallest absolute Gasteiger partial charge is 0.330 e. The van der Waals surface area contributed by atoms with Gasteiger partial charge >= 0.3 is 11.9 Å². The van der Waals surface area contributed by atoms with Crippen molar-refractivity contribution in [3.8, 4) is 0 Å². The normalized spacial score (nSPS) is 14.6. The predicted molar refractivity (Wildman–Crippen MR) is 73.0 cm³/mol. The molecule has 0 saturated heterocycles. The lowest BCUT2D eigenvalue weighted by Gasteiger charge is -2.01. The zero-order valence-electron chi connectivity index (χ0n) is 10.9. The molecule has 0 saturated carbocycles. The first kappa shape index (κ1) is 16.5. The zero-order valence-corrected chi connectivity index (χ0v) is 10.9. The molecular formula is C12H15N3O6. The average molecular weight is 297 g/mol. The molecule has 0 aliphatic heterocycles. The zero-order chi connectivity index (χ0) is 15.8. The molecule has 5 N–H and O–H groups in total. The third-order valence-electron chi connectivity index (χ3n) is 2.43. The Morgan fingerprint density at radius 1 is 1.00 bits per heavy atom. The number of rotatable bonds is 8. The van der Waals surface area contributed by atoms with Crippen LogP contribution >= 0.6 is 0 Å². The highest BCUT2D eigenvalue weighted by Gasteiger charge is 2.14. The van der Waals surface area contributed by atoms with Crippen LogP contribution in [0.4, 0.5) is 0 Å². The second-order valence-electron chi connectivity index (χ2n) is 4.00. The maximum Gasteiger partial charge on any atom is 0.330 e. The molecule has 0 aromatic carbocycles. The Labute approximate surface area is 119 Å². The minimum atomic E-state index is -1.24. The van der Waals surface area contributed by atoms with Gasteiger partial charge in [-0.25, -0.2) is 9.59 Å². The molecule has 9 nitrogen and oxygen atoms in total. The number of aliphatic imine (C=N–C) groups is 2. The van der Waals surface area contributed by atoms with E-state index in [1.165, 1.54) is 12.4 Å². The summed E-state index contributed by atoms with van der Waals surface area (Å²) in [5.41, 5.74) is 0.930. The van der Waals surface area contributed by atoms with Crippen molar-refractivity contribution >= 4 is 24.4 Å². The maximum absolute atomic E-state index is 10.6. The second kappa shape index (κ2) is 7.92. The lowest BCUT2D eigenvalue weighted by atomic mass is 10.3. The molecule has 1 aromatic heterocycles. The lowest BCUT2D eigenvalue weighted by Crippen LogP contribution is -2.22. The van der Waals surface area contributed by atoms with Gasteiger partial charge in [0.1, 0.15) is 0 Å². The highest BCUT2D eigenvalue weighted by Crippen LogP contribution is 2.00. The third kappa shape index (κ3) is 5.16. The summed E-state index contributed by atoms with van der Waals surface area (Å²) in [5, 5.41) is 35.0. The van der Waals surface area contributed by atoms with Gasteiger partial charge in [0.2, 0.25) is 0 Å². The molecule has 1 heterocycles. The van der Waals surface area contributed by atoms with Crippen LogP contribution in [0.5, 0.6) is 0 Å². The van der Waals surface area contributed by atoms with E-state index in [4.69, 9.17) is 20.4 Å². The third-order valence-corrected chi connectivity index (χ3v) is 2.43. The molecule has 0 unspecified atom stereocenters. The van der Waals surface area contributed by atoms with Gasteiger partial charge < -0.3 is 25.4 Å². The van der Waals surface area contributed by atoms with Crippen molar-refractivity contribution in [3.63, 3.8) is 0 Å². The van der Waals surface area contributed by atoms with Crippen LogP contribution < -0.4 is 0 Å². The van der Waals surface area contributed by atoms with Crippen molar-refractivity contribution in [3.05, 3.63) is 23.5 Å². The minimum absolute atomic E-state index is 0.465. The Kier molecular flexibility index (Phi) is 6.24. The summed E-state index contributed by atoms with van der Waals surface area (Å²) < 4.78 is 0. The van der Waals surface area contributed by atoms with Crippen LogP contribution in [0, 0.1) is 0 Å². The molecule has 1 aromatic rings. The summed E-state index contributed by atoms with van der Waals surface area (Å²) in [6.45, 7) is -1.23. The summed E-state index contributed by atoms with van der Waals surface area (Å²) in [4.78, 5) is 31.5. The topological polar surface area (TPSA) is 156 Å². The number of H-pyrrole nitrogens is 1. The van der Waals surface area contributed by atoms with E-state index >= 15 is 0 Å². The number of aliphatic hydroxyl groups excluding tert-OH is 2. The van der Waals surface area contributed by atoms with Gasteiger partial charge in [-0.1, -0.05) is 0 Å². The molecule has 0 fully saturated rings. The highest BCUT2D eigenvalue weighted by atomic mass is 16.4. The summed E-state index contributed by atoms with van der Waals surface area (Å²) in [6.07, 6.45) is 2.49. The fourth-order valence-corrected chi connectivity index (χ4v) is 1.30. The Bertz CT molecular complexity index is 504. The number of hydrogen-bond donors (Lipinski definition) is 5. The average Bonchev–Trinajstić information content (AvgIpc) is 2.87. The number of carbonyl (C=O) groups is 2. The predicted octanol–water partition coefficient (Wildman–Crippen LogP) is -1.26. The largest absolute Gasteiger partial charge is 0.480 e. The molecule has 9 heteroatoms. The lowest BCUT2D eigenvalue weighted by molar-refractivity contribution is -0.140. The number of carboxylic acid groups (broad SMARTS) is 2. The molecule has 0 bridgehead atoms. The van der Waals surface area contributed by atoms with Crippen molar-refractivity contribution < 1.29 is 30.0 Å². The van der Waals surface area contributed by atoms with E-state index in [0.29, 0.717) is 11.4 Å². The van der Waals surface area contributed by atoms with Crippen molar-refractivity contribution in [1.29, 1.82) is 0 Å². The second-order valence-corrected chi connectivity index (χ2v) is 4.00. The van der Waals surface area contributed by atoms with Gasteiger partial charge in [0, 0.05) is 12.4 Å². The number of aliphatic hydroxyl groups is 2. The SMILES string of the molecule is O=C(O)[C@H](CO)N=Cc1ccc(C=N[C@@H](CO)C(=O)O)[nH]1. The minimum Gasteiger partial charge on any atom is -0.480 e. The van der Waals surface area contributed by atoms with E-state index in [1.54, 1.807) is 12.1 Å². The Hall–Kier alpha value is -2.52. The van der Waals surface area contributed by atoms with E-state index in [9.17, 15) is 9.59 Å². The Morgan fingerprint density at radius 3 is 1.67 bits per heavy atom. The van der Waals surface area contributed by atoms with Crippen molar-refractivity contribution in [1.82, 2.24) is 4.98 Å². The monoisotopic (exact) mass is 297 g/mol. The van der Waals surface area contributed by atoms with E-state index in [-0.39, 0.29) is 0 Å². The molecule has 21 heavy (non-hydrogen) atoms. The number of aromatic amines is 1. The van der Waals surface area contributed by atoms with Crippen LogP contribution in [-0.4, -0.2) is 75.1 Å². The Morgan fingerprint density at radius 2 is 1.38 bits per heavy atom. The van der Waals surface area contributed by atoms with E-state index in [1.807, 2.05) is 0 Å². The summed E-state index contributed by atoms with van der Waals surface area (Å²) in [5.74, 6) is -2.48. The van der Waals surface area contributed by atoms with Crippen LogP contribution in [0.2, 0.25) is 0 Å². The van der Waals surface area contributed by atoms with Crippen LogP contribution in [-0.2, 0) is 9.59 Å². The van der Waals surface area contributed by atoms with E-state index in [2.05, 4.69) is 15.0 Å². The standard InChI is InChI=1S/C12H15N3O6/c16-5-9(11(18)19)13-3-7-1-2-8(15-7)4-14-10(6-17)12(20)21/h1-4,9-10,15-17H,5-6H2,(H,18,19)(H,20,21)/t9-,10-/m0/s1. The fraction of sp³-hybridized carbons (Fsp3) is 0.333. The summed E-state index contributed by atoms with van der Waals surface area (Å²) in [6, 6.07) is 0.679. The molecule has 0 aliphatic carbocycles. The molecule has 1 rings (SSSR count). The molecular weight excluding hydrogens is 282 g/mol. The summed E-state index contributed by atoms with van der Waals surface area (Å²) >= 11 is 0. The first-order chi connectivity index (χ1) is 9.97. The van der Waals surface area contributed by atoms with Crippen LogP contribution in [0.25, 0.3) is 0 Å². The number of carboxylic acids is 2. The number of nitrogens with zero attached hydrogens (tertiary/aromatic N) is 2. The van der Waals surface area contributed by atoms with E-state index < -0.39 is 37.2 Å². The molecule has 0 amide bonds. The van der Waals surface area contributed by atoms with Gasteiger partial charge in [-0.3, -0.25) is 9.98 Å². The molecule has 0 radical (unpaired) electrons. The van der Waals surface area contributed by atoms with Crippen LogP contribution in [0.15, 0.2) is 22.1 Å². The van der Waals surface area contributed by atoms with Gasteiger partial charge in [0.15, 0.2) is 12.1 Å². The Balaban J connectivity index is 2.73. The van der Waals surface area contributed by atoms with Crippen molar-refractivity contribution in [2.24, 2.45) is 9.98 Å². The van der Waals surface area contributed by atoms with Gasteiger partial charge in [-0.15, -0.1) is 0 Å². The number of aliphatic carboxylic acids is 2. The first-order valence-corrected chi connectivity index (χ1v) is 5.90. The quantitative estimate of drug-likeness (QED) is 0.377. The number of aromatic nitrogens is 1. The highest BCUT2D eigenvalue weighted by molar-refractivity contribution is 5.86. The van der Waals surface area contributed by atoms with Crippen molar-refractivity contribution in [2.75, 3.05) is 13.2 Å². The first-order valence-electron chi connectivity index (χ1n) is 5.90. The van der Waals surface area contributed by atoms with Gasteiger partial charge in [0.05, 0.1) is 24.6 Å². The van der Waals surface area contributed by atoms with Crippen LogP contribution in [0.3, 0.4) is 0 Å². The van der Waals surface area contributed by atoms with E-state index in [0.717, 1.165) is 0 Å². The van der Waals surface area contributed by atoms with Gasteiger partial charge in [-0.2, -0.15) is 0 Å². The molecule has 0 spiro atoms. The van der Waals surface area contributed by atoms with Crippen LogP contribution in [0.1, 0.15) is 11.4 Å². The van der Waals surface area contributed by atoms with Gasteiger partial charge in [0.25, 0.3) is 0 Å². The number of hydrogen-bond acceptors (Lipinski definition) is 6. The van der Waals surface area contributed by atoms with Crippen molar-refractivity contribution in [2.45, 2.75) is 12.1 Å². The molecule has 0 aliphatic rings. The fourth-order valence-electron chi connectivity index (χ4n) is 1.30. The maximum atomic E-state index is 10.6. The summed E-state index contributed by atoms with van der Waals surface area (Å²) in [7, 11) is 0. The molecule has 2 atom stereocenters. The molecule has 114 valence electrons. The van der Waals surface area contributed by atoms with Gasteiger partial charge in [-0.05, 0) is 12.1 Å². The number of nitrogens with one attached hydrogen (secondary N) is 1.